The van der Waals surface area contributed by atoms with Gasteiger partial charge in [-0.15, -0.1) is 0 Å². The Morgan fingerprint density at radius 2 is 2.04 bits per heavy atom. The summed E-state index contributed by atoms with van der Waals surface area (Å²) in [5, 5.41) is 0. The number of hydrogen-bond acceptors (Lipinski definition) is 3. The molecule has 1 aromatic carbocycles. The lowest BCUT2D eigenvalue weighted by atomic mass is 9.97. The van der Waals surface area contributed by atoms with Crippen LogP contribution in [0.1, 0.15) is 30.9 Å². The molecule has 0 bridgehead atoms. The van der Waals surface area contributed by atoms with Gasteiger partial charge < -0.3 is 9.80 Å². The second-order valence-corrected chi connectivity index (χ2v) is 7.00. The number of amides is 1. The highest BCUT2D eigenvalue weighted by atomic mass is 19.4. The predicted octanol–water partition coefficient (Wildman–Crippen LogP) is 3.01. The molecule has 1 amide bonds. The molecule has 1 heterocycles. The number of piperidine rings is 1. The molecule has 1 aliphatic rings. The maximum absolute atomic E-state index is 12.8. The number of likely N-dealkylation sites (N-methyl/N-ethyl adjacent to an activating group) is 1. The van der Waals surface area contributed by atoms with Crippen molar-refractivity contribution >= 4 is 11.7 Å². The van der Waals surface area contributed by atoms with Gasteiger partial charge in [0.2, 0.25) is 5.78 Å². The molecule has 144 valence electrons. The molecular weight excluding hydrogens is 345 g/mol. The summed E-state index contributed by atoms with van der Waals surface area (Å²) in [6.07, 6.45) is -1.80. The third-order valence-corrected chi connectivity index (χ3v) is 4.75. The van der Waals surface area contributed by atoms with Gasteiger partial charge in [0.25, 0.3) is 5.91 Å². The van der Waals surface area contributed by atoms with E-state index in [1.54, 1.807) is 13.1 Å². The number of ketones is 1. The number of hydrogen-bond donors (Lipinski definition) is 0. The van der Waals surface area contributed by atoms with Crippen LogP contribution in [0.25, 0.3) is 0 Å². The van der Waals surface area contributed by atoms with Gasteiger partial charge in [-0.1, -0.05) is 18.2 Å². The number of Topliss-reactive ketones (excluding diaryl/α,β-unsaturated/α-hetero) is 1. The van der Waals surface area contributed by atoms with E-state index in [-0.39, 0.29) is 5.92 Å². The lowest BCUT2D eigenvalue weighted by molar-refractivity contribution is -0.143. The van der Waals surface area contributed by atoms with Gasteiger partial charge in [-0.2, -0.15) is 13.2 Å². The second-order valence-electron chi connectivity index (χ2n) is 7.00. The van der Waals surface area contributed by atoms with Crippen molar-refractivity contribution in [3.63, 3.8) is 0 Å². The van der Waals surface area contributed by atoms with E-state index >= 15 is 0 Å². The van der Waals surface area contributed by atoms with Crippen molar-refractivity contribution in [2.24, 2.45) is 5.92 Å². The van der Waals surface area contributed by atoms with Crippen LogP contribution in [-0.2, 0) is 22.2 Å². The summed E-state index contributed by atoms with van der Waals surface area (Å²) in [7, 11) is 1.63. The summed E-state index contributed by atoms with van der Waals surface area (Å²) in [5.41, 5.74) is 0.0571. The molecule has 1 atom stereocenters. The molecular formula is C19H25F3N2O2. The fraction of sp³-hybridized carbons (Fsp3) is 0.579. The van der Waals surface area contributed by atoms with Crippen LogP contribution in [-0.4, -0.2) is 54.7 Å². The fourth-order valence-corrected chi connectivity index (χ4v) is 3.43. The first kappa shape index (κ1) is 20.4. The molecule has 1 aromatic rings. The Labute approximate surface area is 152 Å². The standard InChI is InChI=1S/C19H25F3N2O2/c1-14(25)18(26)23(2)12-16-6-4-9-24(13-16)10-8-15-5-3-7-17(11-15)19(20,21)22/h3,5,7,11,16H,4,6,8-10,12-13H2,1-2H3/t16-/m1/s1. The van der Waals surface area contributed by atoms with Gasteiger partial charge >= 0.3 is 6.18 Å². The third-order valence-electron chi connectivity index (χ3n) is 4.75. The number of halogens is 3. The van der Waals surface area contributed by atoms with Crippen LogP contribution >= 0.6 is 0 Å². The first-order chi connectivity index (χ1) is 12.2. The minimum atomic E-state index is -4.32. The molecule has 4 nitrogen and oxygen atoms in total. The number of nitrogens with zero attached hydrogens (tertiary/aromatic N) is 2. The molecule has 0 radical (unpaired) electrons. The number of carbonyl (C=O) groups excluding carboxylic acids is 2. The highest BCUT2D eigenvalue weighted by Crippen LogP contribution is 2.29. The quantitative estimate of drug-likeness (QED) is 0.723. The number of carbonyl (C=O) groups is 2. The van der Waals surface area contributed by atoms with Crippen molar-refractivity contribution in [3.05, 3.63) is 35.4 Å². The minimum absolute atomic E-state index is 0.276. The zero-order chi connectivity index (χ0) is 19.3. The topological polar surface area (TPSA) is 40.6 Å². The lowest BCUT2D eigenvalue weighted by Crippen LogP contribution is -2.43. The Balaban J connectivity index is 1.87. The number of alkyl halides is 3. The highest BCUT2D eigenvalue weighted by Gasteiger charge is 2.30. The molecule has 0 unspecified atom stereocenters. The predicted molar refractivity (Wildman–Crippen MR) is 92.6 cm³/mol. The molecule has 7 heteroatoms. The first-order valence-electron chi connectivity index (χ1n) is 8.81. The number of benzene rings is 1. The van der Waals surface area contributed by atoms with Crippen molar-refractivity contribution in [3.8, 4) is 0 Å². The van der Waals surface area contributed by atoms with Crippen LogP contribution in [0.5, 0.6) is 0 Å². The van der Waals surface area contributed by atoms with Crippen LogP contribution in [0, 0.1) is 5.92 Å². The zero-order valence-electron chi connectivity index (χ0n) is 15.2. The number of rotatable bonds is 6. The molecule has 0 aromatic heterocycles. The van der Waals surface area contributed by atoms with Gasteiger partial charge in [-0.25, -0.2) is 0 Å². The maximum Gasteiger partial charge on any atom is 0.416 e. The van der Waals surface area contributed by atoms with Gasteiger partial charge in [0.05, 0.1) is 5.56 Å². The van der Waals surface area contributed by atoms with Gasteiger partial charge in [-0.05, 0) is 43.4 Å². The molecule has 0 saturated carbocycles. The molecule has 0 N–H and O–H groups in total. The van der Waals surface area contributed by atoms with E-state index in [0.717, 1.165) is 32.0 Å². The molecule has 26 heavy (non-hydrogen) atoms. The van der Waals surface area contributed by atoms with Crippen LogP contribution in [0.2, 0.25) is 0 Å². The highest BCUT2D eigenvalue weighted by molar-refractivity contribution is 6.34. The number of likely N-dealkylation sites (tertiary alicyclic amines) is 1. The zero-order valence-corrected chi connectivity index (χ0v) is 15.2. The summed E-state index contributed by atoms with van der Waals surface area (Å²) in [6, 6.07) is 5.46. The average molecular weight is 370 g/mol. The Bertz CT molecular complexity index is 646. The average Bonchev–Trinajstić information content (AvgIpc) is 2.59. The van der Waals surface area contributed by atoms with Crippen molar-refractivity contribution < 1.29 is 22.8 Å². The Morgan fingerprint density at radius 1 is 1.31 bits per heavy atom. The van der Waals surface area contributed by atoms with Crippen molar-refractivity contribution in [1.82, 2.24) is 9.80 Å². The van der Waals surface area contributed by atoms with Gasteiger partial charge in [-0.3, -0.25) is 9.59 Å². The summed E-state index contributed by atoms with van der Waals surface area (Å²) in [6.45, 7) is 4.16. The Hall–Kier alpha value is -1.89. The fourth-order valence-electron chi connectivity index (χ4n) is 3.43. The lowest BCUT2D eigenvalue weighted by Gasteiger charge is -2.34. The van der Waals surface area contributed by atoms with E-state index in [9.17, 15) is 22.8 Å². The van der Waals surface area contributed by atoms with Crippen molar-refractivity contribution in [2.75, 3.05) is 33.2 Å². The van der Waals surface area contributed by atoms with Gasteiger partial charge in [0, 0.05) is 33.6 Å². The molecule has 1 fully saturated rings. The van der Waals surface area contributed by atoms with E-state index < -0.39 is 23.4 Å². The Morgan fingerprint density at radius 3 is 2.69 bits per heavy atom. The summed E-state index contributed by atoms with van der Waals surface area (Å²) >= 11 is 0. The van der Waals surface area contributed by atoms with Crippen LogP contribution in [0.15, 0.2) is 24.3 Å². The van der Waals surface area contributed by atoms with Crippen LogP contribution in [0.4, 0.5) is 13.2 Å². The summed E-state index contributed by atoms with van der Waals surface area (Å²) < 4.78 is 38.4. The van der Waals surface area contributed by atoms with E-state index in [1.165, 1.54) is 24.0 Å². The van der Waals surface area contributed by atoms with Crippen molar-refractivity contribution in [2.45, 2.75) is 32.4 Å². The Kier molecular flexibility index (Phi) is 6.81. The minimum Gasteiger partial charge on any atom is -0.339 e. The van der Waals surface area contributed by atoms with Crippen molar-refractivity contribution in [1.29, 1.82) is 0 Å². The second kappa shape index (κ2) is 8.66. The summed E-state index contributed by atoms with van der Waals surface area (Å²) in [4.78, 5) is 26.5. The normalized spacial score (nSPS) is 18.6. The van der Waals surface area contributed by atoms with E-state index in [4.69, 9.17) is 0 Å². The molecule has 0 spiro atoms. The largest absolute Gasteiger partial charge is 0.416 e. The molecule has 2 rings (SSSR count). The van der Waals surface area contributed by atoms with Crippen LogP contribution in [0.3, 0.4) is 0 Å². The smallest absolute Gasteiger partial charge is 0.339 e. The maximum atomic E-state index is 12.8. The molecule has 0 aliphatic carbocycles. The monoisotopic (exact) mass is 370 g/mol. The summed E-state index contributed by atoms with van der Waals surface area (Å²) in [5.74, 6) is -0.672. The third kappa shape index (κ3) is 5.83. The first-order valence-corrected chi connectivity index (χ1v) is 8.81. The van der Waals surface area contributed by atoms with Gasteiger partial charge in [0.1, 0.15) is 0 Å². The molecule has 1 aliphatic heterocycles. The SMILES string of the molecule is CC(=O)C(=O)N(C)C[C@H]1CCCN(CCc2cccc(C(F)(F)F)c2)C1. The van der Waals surface area contributed by atoms with E-state index in [2.05, 4.69) is 4.90 Å². The van der Waals surface area contributed by atoms with Gasteiger partial charge in [0.15, 0.2) is 0 Å². The molecule has 1 saturated heterocycles. The van der Waals surface area contributed by atoms with E-state index in [1.807, 2.05) is 0 Å². The van der Waals surface area contributed by atoms with Crippen LogP contribution < -0.4 is 0 Å². The van der Waals surface area contributed by atoms with E-state index in [0.29, 0.717) is 25.1 Å².